The normalized spacial score (nSPS) is 18.9. The number of alkyl halides is 3. The number of carbonyl (C=O) groups is 1. The molecule has 0 bridgehead atoms. The maximum absolute atomic E-state index is 13.2. The molecule has 2 rings (SSSR count). The lowest BCUT2D eigenvalue weighted by molar-refractivity contribution is -0.140. The molecule has 1 aliphatic rings. The van der Waals surface area contributed by atoms with Crippen LogP contribution in [0.5, 0.6) is 0 Å². The molecule has 1 heterocycles. The van der Waals surface area contributed by atoms with Crippen LogP contribution in [-0.4, -0.2) is 12.7 Å². The predicted molar refractivity (Wildman–Crippen MR) is 55.9 cm³/mol. The Morgan fingerprint density at radius 3 is 2.50 bits per heavy atom. The molecule has 100 valence electrons. The smallest absolute Gasteiger partial charge is 0.419 e. The van der Waals surface area contributed by atoms with Crippen LogP contribution in [0.15, 0.2) is 18.2 Å². The Hall–Kier alpha value is -1.50. The molecule has 1 saturated heterocycles. The van der Waals surface area contributed by atoms with E-state index in [4.69, 9.17) is 0 Å². The molecule has 1 aromatic carbocycles. The highest BCUT2D eigenvalue weighted by atomic mass is 35.5. The van der Waals surface area contributed by atoms with Crippen LogP contribution >= 0.6 is 12.4 Å². The number of nitrogens with one attached hydrogen (secondary N) is 1. The highest BCUT2D eigenvalue weighted by Gasteiger charge is 2.40. The second kappa shape index (κ2) is 5.01. The van der Waals surface area contributed by atoms with Gasteiger partial charge in [0.1, 0.15) is 12.4 Å². The number of rotatable bonds is 1. The first-order valence-electron chi connectivity index (χ1n) is 4.68. The Kier molecular flexibility index (Phi) is 4.05. The number of hydrogen-bond donors (Lipinski definition) is 1. The topological polar surface area (TPSA) is 38.3 Å². The average molecular weight is 286 g/mol. The van der Waals surface area contributed by atoms with Crippen molar-refractivity contribution in [2.75, 3.05) is 6.61 Å². The van der Waals surface area contributed by atoms with Crippen LogP contribution in [0.2, 0.25) is 0 Å². The molecule has 0 aromatic heterocycles. The monoisotopic (exact) mass is 285 g/mol. The standard InChI is InChI=1S/C10H7F4NO2.ClH/c11-6-3-1-2-5(8(6)10(12,13)14)7-4-17-9(16)15-7;/h1-3,7H,4H2,(H,15,16);1H/t7-;/m1./s1. The summed E-state index contributed by atoms with van der Waals surface area (Å²) in [4.78, 5) is 10.8. The molecule has 1 fully saturated rings. The summed E-state index contributed by atoms with van der Waals surface area (Å²) in [5, 5.41) is 2.18. The molecule has 0 radical (unpaired) electrons. The first kappa shape index (κ1) is 14.6. The van der Waals surface area contributed by atoms with Crippen molar-refractivity contribution in [1.82, 2.24) is 5.32 Å². The second-order valence-electron chi connectivity index (χ2n) is 3.50. The molecule has 1 atom stereocenters. The number of hydrogen-bond acceptors (Lipinski definition) is 2. The molecule has 1 amide bonds. The summed E-state index contributed by atoms with van der Waals surface area (Å²) in [6.07, 6.45) is -5.62. The van der Waals surface area contributed by atoms with Gasteiger partial charge in [-0.15, -0.1) is 12.4 Å². The van der Waals surface area contributed by atoms with E-state index in [1.54, 1.807) is 0 Å². The molecular weight excluding hydrogens is 278 g/mol. The minimum Gasteiger partial charge on any atom is -0.447 e. The van der Waals surface area contributed by atoms with Gasteiger partial charge in [-0.05, 0) is 11.6 Å². The van der Waals surface area contributed by atoms with Crippen molar-refractivity contribution >= 4 is 18.5 Å². The van der Waals surface area contributed by atoms with Crippen molar-refractivity contribution in [3.05, 3.63) is 35.1 Å². The van der Waals surface area contributed by atoms with E-state index in [0.29, 0.717) is 0 Å². The lowest BCUT2D eigenvalue weighted by Crippen LogP contribution is -2.23. The number of cyclic esters (lactones) is 1. The van der Waals surface area contributed by atoms with Gasteiger partial charge >= 0.3 is 12.3 Å². The van der Waals surface area contributed by atoms with Crippen LogP contribution in [-0.2, 0) is 10.9 Å². The number of carbonyl (C=O) groups excluding carboxylic acids is 1. The van der Waals surface area contributed by atoms with Gasteiger partial charge in [0.2, 0.25) is 0 Å². The van der Waals surface area contributed by atoms with Crippen molar-refractivity contribution in [1.29, 1.82) is 0 Å². The summed E-state index contributed by atoms with van der Waals surface area (Å²) in [6, 6.07) is 2.02. The zero-order chi connectivity index (χ0) is 12.6. The van der Waals surface area contributed by atoms with Gasteiger partial charge in [-0.1, -0.05) is 12.1 Å². The van der Waals surface area contributed by atoms with E-state index < -0.39 is 29.7 Å². The molecule has 0 unspecified atom stereocenters. The fraction of sp³-hybridized carbons (Fsp3) is 0.300. The molecule has 0 spiro atoms. The number of amides is 1. The van der Waals surface area contributed by atoms with Crippen LogP contribution in [0.25, 0.3) is 0 Å². The molecule has 0 saturated carbocycles. The molecule has 8 heteroatoms. The summed E-state index contributed by atoms with van der Waals surface area (Å²) >= 11 is 0. The number of alkyl carbamates (subject to hydrolysis) is 1. The largest absolute Gasteiger partial charge is 0.447 e. The fourth-order valence-corrected chi connectivity index (χ4v) is 1.68. The van der Waals surface area contributed by atoms with E-state index in [0.717, 1.165) is 18.2 Å². The Balaban J connectivity index is 0.00000162. The first-order chi connectivity index (χ1) is 7.89. The summed E-state index contributed by atoms with van der Waals surface area (Å²) in [6.45, 7) is -0.245. The van der Waals surface area contributed by atoms with Gasteiger partial charge in [0.05, 0.1) is 11.6 Å². The maximum Gasteiger partial charge on any atom is 0.419 e. The van der Waals surface area contributed by atoms with Gasteiger partial charge in [0.15, 0.2) is 0 Å². The van der Waals surface area contributed by atoms with Crippen LogP contribution < -0.4 is 5.32 Å². The maximum atomic E-state index is 13.2. The van der Waals surface area contributed by atoms with E-state index in [1.165, 1.54) is 0 Å². The van der Waals surface area contributed by atoms with Crippen LogP contribution in [0, 0.1) is 5.82 Å². The quantitative estimate of drug-likeness (QED) is 0.806. The summed E-state index contributed by atoms with van der Waals surface area (Å²) < 4.78 is 55.7. The van der Waals surface area contributed by atoms with Gasteiger partial charge in [0, 0.05) is 0 Å². The third-order valence-electron chi connectivity index (χ3n) is 2.38. The molecule has 1 N–H and O–H groups in total. The zero-order valence-electron chi connectivity index (χ0n) is 8.75. The second-order valence-corrected chi connectivity index (χ2v) is 3.50. The van der Waals surface area contributed by atoms with Crippen molar-refractivity contribution < 1.29 is 27.1 Å². The lowest BCUT2D eigenvalue weighted by atomic mass is 10.00. The van der Waals surface area contributed by atoms with E-state index in [9.17, 15) is 22.4 Å². The Morgan fingerprint density at radius 2 is 2.00 bits per heavy atom. The zero-order valence-corrected chi connectivity index (χ0v) is 9.57. The number of halogens is 5. The lowest BCUT2D eigenvalue weighted by Gasteiger charge is -2.16. The van der Waals surface area contributed by atoms with E-state index in [2.05, 4.69) is 10.1 Å². The fourth-order valence-electron chi connectivity index (χ4n) is 1.68. The minimum atomic E-state index is -4.81. The molecule has 0 aliphatic carbocycles. The Labute approximate surface area is 106 Å². The minimum absolute atomic E-state index is 0. The number of benzene rings is 1. The van der Waals surface area contributed by atoms with Crippen molar-refractivity contribution in [2.45, 2.75) is 12.2 Å². The highest BCUT2D eigenvalue weighted by Crippen LogP contribution is 2.37. The molecular formula is C10H8ClF4NO2. The third kappa shape index (κ3) is 2.66. The molecule has 18 heavy (non-hydrogen) atoms. The summed E-state index contributed by atoms with van der Waals surface area (Å²) in [5.41, 5.74) is -1.70. The summed E-state index contributed by atoms with van der Waals surface area (Å²) in [5.74, 6) is -1.36. The van der Waals surface area contributed by atoms with Crippen molar-refractivity contribution in [2.24, 2.45) is 0 Å². The third-order valence-corrected chi connectivity index (χ3v) is 2.38. The average Bonchev–Trinajstić information content (AvgIpc) is 2.62. The van der Waals surface area contributed by atoms with E-state index >= 15 is 0 Å². The summed E-state index contributed by atoms with van der Waals surface area (Å²) in [7, 11) is 0. The van der Waals surface area contributed by atoms with Crippen LogP contribution in [0.3, 0.4) is 0 Å². The Morgan fingerprint density at radius 1 is 1.33 bits per heavy atom. The van der Waals surface area contributed by atoms with Crippen LogP contribution in [0.4, 0.5) is 22.4 Å². The van der Waals surface area contributed by atoms with Gasteiger partial charge in [-0.25, -0.2) is 9.18 Å². The number of ether oxygens (including phenoxy) is 1. The molecule has 1 aromatic rings. The van der Waals surface area contributed by atoms with Gasteiger partial charge in [-0.3, -0.25) is 0 Å². The van der Waals surface area contributed by atoms with Crippen molar-refractivity contribution in [3.8, 4) is 0 Å². The first-order valence-corrected chi connectivity index (χ1v) is 4.68. The Bertz CT molecular complexity index is 464. The molecule has 1 aliphatic heterocycles. The van der Waals surface area contributed by atoms with E-state index in [-0.39, 0.29) is 24.6 Å². The van der Waals surface area contributed by atoms with E-state index in [1.807, 2.05) is 0 Å². The van der Waals surface area contributed by atoms with Crippen LogP contribution in [0.1, 0.15) is 17.2 Å². The van der Waals surface area contributed by atoms with Crippen molar-refractivity contribution in [3.63, 3.8) is 0 Å². The van der Waals surface area contributed by atoms with Gasteiger partial charge < -0.3 is 10.1 Å². The van der Waals surface area contributed by atoms with Gasteiger partial charge in [-0.2, -0.15) is 13.2 Å². The highest BCUT2D eigenvalue weighted by molar-refractivity contribution is 5.85. The predicted octanol–water partition coefficient (Wildman–Crippen LogP) is 3.05. The molecule has 3 nitrogen and oxygen atoms in total. The van der Waals surface area contributed by atoms with Gasteiger partial charge in [0.25, 0.3) is 0 Å². The SMILES string of the molecule is Cl.O=C1N[C@@H](c2cccc(F)c2C(F)(F)F)CO1.